The molecule has 2 aromatic rings. The van der Waals surface area contributed by atoms with Gasteiger partial charge in [0, 0.05) is 37.7 Å². The van der Waals surface area contributed by atoms with Crippen molar-refractivity contribution in [3.05, 3.63) is 42.5 Å². The number of hydrogen-bond donors (Lipinski definition) is 1. The number of likely N-dealkylation sites (tertiary alicyclic amines) is 1. The fourth-order valence-electron chi connectivity index (χ4n) is 4.01. The van der Waals surface area contributed by atoms with E-state index >= 15 is 0 Å². The number of nitrogens with zero attached hydrogens (tertiary/aromatic N) is 5. The average molecular weight is 413 g/mol. The van der Waals surface area contributed by atoms with E-state index in [0.717, 1.165) is 12.2 Å². The molecule has 1 N–H and O–H groups in total. The quantitative estimate of drug-likeness (QED) is 0.750. The van der Waals surface area contributed by atoms with Crippen molar-refractivity contribution in [3.8, 4) is 5.69 Å². The molecule has 2 amide bonds. The van der Waals surface area contributed by atoms with Gasteiger partial charge in [0.2, 0.25) is 5.91 Å². The summed E-state index contributed by atoms with van der Waals surface area (Å²) in [6.45, 7) is 7.08. The highest BCUT2D eigenvalue weighted by Gasteiger charge is 2.29. The molecule has 0 unspecified atom stereocenters. The summed E-state index contributed by atoms with van der Waals surface area (Å²) in [5, 5.41) is 7.20. The monoisotopic (exact) mass is 412 g/mol. The molecular formula is C22H32N6O2. The van der Waals surface area contributed by atoms with Crippen LogP contribution in [0.2, 0.25) is 0 Å². The van der Waals surface area contributed by atoms with Gasteiger partial charge in [0.05, 0.1) is 5.69 Å². The predicted molar refractivity (Wildman–Crippen MR) is 115 cm³/mol. The van der Waals surface area contributed by atoms with Gasteiger partial charge >= 0.3 is 0 Å². The third kappa shape index (κ3) is 5.66. The van der Waals surface area contributed by atoms with Gasteiger partial charge in [-0.3, -0.25) is 9.59 Å². The van der Waals surface area contributed by atoms with E-state index < -0.39 is 0 Å². The van der Waals surface area contributed by atoms with E-state index in [1.54, 1.807) is 11.0 Å². The summed E-state index contributed by atoms with van der Waals surface area (Å²) >= 11 is 0. The molecule has 1 saturated heterocycles. The van der Waals surface area contributed by atoms with Crippen LogP contribution < -0.4 is 5.32 Å². The first-order chi connectivity index (χ1) is 14.2. The van der Waals surface area contributed by atoms with Crippen molar-refractivity contribution in [2.75, 3.05) is 40.3 Å². The molecular weight excluding hydrogens is 380 g/mol. The van der Waals surface area contributed by atoms with Crippen LogP contribution in [-0.4, -0.2) is 76.7 Å². The lowest BCUT2D eigenvalue weighted by molar-refractivity contribution is -0.126. The SMILES string of the molecule is CN(C)CC(C)(C)CNC(=O)C1CCN(C(=O)c2ccc(-n3cncn3)cc2)CC1. The van der Waals surface area contributed by atoms with Gasteiger partial charge in [-0.25, -0.2) is 9.67 Å². The van der Waals surface area contributed by atoms with Crippen molar-refractivity contribution in [2.24, 2.45) is 11.3 Å². The van der Waals surface area contributed by atoms with Gasteiger partial charge in [0.1, 0.15) is 12.7 Å². The molecule has 1 fully saturated rings. The average Bonchev–Trinajstić information content (AvgIpc) is 3.26. The van der Waals surface area contributed by atoms with Gasteiger partial charge in [-0.2, -0.15) is 5.10 Å². The van der Waals surface area contributed by atoms with Crippen molar-refractivity contribution in [1.82, 2.24) is 29.9 Å². The Hall–Kier alpha value is -2.74. The second-order valence-electron chi connectivity index (χ2n) is 9.07. The number of nitrogens with one attached hydrogen (secondary N) is 1. The van der Waals surface area contributed by atoms with Crippen LogP contribution in [0.5, 0.6) is 0 Å². The molecule has 0 aliphatic carbocycles. The van der Waals surface area contributed by atoms with E-state index in [9.17, 15) is 9.59 Å². The normalized spacial score (nSPS) is 15.4. The predicted octanol–water partition coefficient (Wildman–Crippen LogP) is 1.82. The molecule has 8 heteroatoms. The number of carbonyl (C=O) groups excluding carboxylic acids is 2. The molecule has 1 aliphatic heterocycles. The second-order valence-corrected chi connectivity index (χ2v) is 9.07. The third-order valence-electron chi connectivity index (χ3n) is 5.44. The van der Waals surface area contributed by atoms with Crippen LogP contribution in [0.4, 0.5) is 0 Å². The number of amides is 2. The fraction of sp³-hybridized carbons (Fsp3) is 0.545. The molecule has 162 valence electrons. The minimum Gasteiger partial charge on any atom is -0.355 e. The largest absolute Gasteiger partial charge is 0.355 e. The van der Waals surface area contributed by atoms with Crippen LogP contribution in [0.25, 0.3) is 5.69 Å². The molecule has 0 radical (unpaired) electrons. The lowest BCUT2D eigenvalue weighted by atomic mass is 9.91. The van der Waals surface area contributed by atoms with Gasteiger partial charge in [-0.1, -0.05) is 13.8 Å². The van der Waals surface area contributed by atoms with Gasteiger partial charge in [-0.05, 0) is 56.6 Å². The first kappa shape index (κ1) is 22.0. The summed E-state index contributed by atoms with van der Waals surface area (Å²) in [4.78, 5) is 33.3. The third-order valence-corrected chi connectivity index (χ3v) is 5.44. The highest BCUT2D eigenvalue weighted by atomic mass is 16.2. The Morgan fingerprint density at radius 1 is 1.17 bits per heavy atom. The molecule has 0 saturated carbocycles. The van der Waals surface area contributed by atoms with Crippen LogP contribution in [-0.2, 0) is 4.79 Å². The van der Waals surface area contributed by atoms with Crippen LogP contribution in [0.1, 0.15) is 37.0 Å². The number of piperidine rings is 1. The minimum absolute atomic E-state index is 0.00566. The van der Waals surface area contributed by atoms with Crippen molar-refractivity contribution in [1.29, 1.82) is 0 Å². The molecule has 30 heavy (non-hydrogen) atoms. The number of aromatic nitrogens is 3. The Kier molecular flexibility index (Phi) is 6.87. The van der Waals surface area contributed by atoms with Crippen molar-refractivity contribution >= 4 is 11.8 Å². The first-order valence-electron chi connectivity index (χ1n) is 10.4. The summed E-state index contributed by atoms with van der Waals surface area (Å²) in [5.74, 6) is 0.0797. The van der Waals surface area contributed by atoms with E-state index in [1.807, 2.05) is 43.3 Å². The molecule has 3 rings (SSSR count). The lowest BCUT2D eigenvalue weighted by Crippen LogP contribution is -2.46. The van der Waals surface area contributed by atoms with Gasteiger partial charge in [-0.15, -0.1) is 0 Å². The Balaban J connectivity index is 1.49. The van der Waals surface area contributed by atoms with Crippen molar-refractivity contribution < 1.29 is 9.59 Å². The second kappa shape index (κ2) is 9.38. The summed E-state index contributed by atoms with van der Waals surface area (Å²) in [7, 11) is 4.08. The molecule has 8 nitrogen and oxygen atoms in total. The van der Waals surface area contributed by atoms with Gasteiger partial charge in [0.15, 0.2) is 0 Å². The molecule has 1 aliphatic rings. The van der Waals surface area contributed by atoms with Crippen LogP contribution in [0, 0.1) is 11.3 Å². The number of rotatable bonds is 7. The highest BCUT2D eigenvalue weighted by molar-refractivity contribution is 5.94. The zero-order chi connectivity index (χ0) is 21.7. The maximum absolute atomic E-state index is 12.8. The van der Waals surface area contributed by atoms with Crippen molar-refractivity contribution in [2.45, 2.75) is 26.7 Å². The standard InChI is InChI=1S/C22H32N6O2/c1-22(2,14-26(3)4)13-24-20(29)17-9-11-27(12-10-17)21(30)18-5-7-19(8-6-18)28-16-23-15-25-28/h5-8,15-17H,9-14H2,1-4H3,(H,24,29). The summed E-state index contributed by atoms with van der Waals surface area (Å²) < 4.78 is 1.65. The zero-order valence-electron chi connectivity index (χ0n) is 18.3. The highest BCUT2D eigenvalue weighted by Crippen LogP contribution is 2.21. The Morgan fingerprint density at radius 3 is 2.40 bits per heavy atom. The van der Waals surface area contributed by atoms with Crippen molar-refractivity contribution in [3.63, 3.8) is 0 Å². The van der Waals surface area contributed by atoms with Crippen LogP contribution in [0.15, 0.2) is 36.9 Å². The Bertz CT molecular complexity index is 837. The minimum atomic E-state index is -0.0288. The van der Waals surface area contributed by atoms with Gasteiger partial charge < -0.3 is 15.1 Å². The molecule has 0 bridgehead atoms. The summed E-state index contributed by atoms with van der Waals surface area (Å²) in [6.07, 6.45) is 4.49. The van der Waals surface area contributed by atoms with Crippen LogP contribution >= 0.6 is 0 Å². The number of hydrogen-bond acceptors (Lipinski definition) is 5. The summed E-state index contributed by atoms with van der Waals surface area (Å²) in [6, 6.07) is 7.34. The number of carbonyl (C=O) groups is 2. The van der Waals surface area contributed by atoms with E-state index in [-0.39, 0.29) is 23.1 Å². The Labute approximate surface area is 178 Å². The summed E-state index contributed by atoms with van der Waals surface area (Å²) in [5.41, 5.74) is 1.53. The molecule has 0 atom stereocenters. The van der Waals surface area contributed by atoms with Crippen LogP contribution in [0.3, 0.4) is 0 Å². The topological polar surface area (TPSA) is 83.4 Å². The zero-order valence-corrected chi connectivity index (χ0v) is 18.3. The van der Waals surface area contributed by atoms with Gasteiger partial charge in [0.25, 0.3) is 5.91 Å². The molecule has 2 heterocycles. The molecule has 1 aromatic heterocycles. The van der Waals surface area contributed by atoms with E-state index in [2.05, 4.69) is 34.1 Å². The van der Waals surface area contributed by atoms with E-state index in [0.29, 0.717) is 38.0 Å². The molecule has 0 spiro atoms. The molecule has 1 aromatic carbocycles. The lowest BCUT2D eigenvalue weighted by Gasteiger charge is -2.33. The van der Waals surface area contributed by atoms with E-state index in [4.69, 9.17) is 0 Å². The maximum Gasteiger partial charge on any atom is 0.253 e. The maximum atomic E-state index is 12.8. The smallest absolute Gasteiger partial charge is 0.253 e. The van der Waals surface area contributed by atoms with E-state index in [1.165, 1.54) is 6.33 Å². The first-order valence-corrected chi connectivity index (χ1v) is 10.4. The number of benzene rings is 1. The Morgan fingerprint density at radius 2 is 1.83 bits per heavy atom. The fourth-order valence-corrected chi connectivity index (χ4v) is 4.01.